The molecule has 0 N–H and O–H groups in total. The van der Waals surface area contributed by atoms with Crippen molar-refractivity contribution in [3.05, 3.63) is 35.9 Å². The minimum absolute atomic E-state index is 0.209. The maximum atomic E-state index is 11.8. The van der Waals surface area contributed by atoms with E-state index in [-0.39, 0.29) is 5.97 Å². The van der Waals surface area contributed by atoms with Gasteiger partial charge in [0.05, 0.1) is 12.2 Å². The van der Waals surface area contributed by atoms with Gasteiger partial charge in [0.2, 0.25) is 0 Å². The van der Waals surface area contributed by atoms with Gasteiger partial charge < -0.3 is 9.64 Å². The van der Waals surface area contributed by atoms with Crippen LogP contribution in [-0.2, 0) is 4.74 Å². The fourth-order valence-corrected chi connectivity index (χ4v) is 2.75. The zero-order valence-electron chi connectivity index (χ0n) is 11.7. The van der Waals surface area contributed by atoms with E-state index in [4.69, 9.17) is 4.74 Å². The van der Waals surface area contributed by atoms with Crippen LogP contribution in [0, 0.1) is 0 Å². The van der Waals surface area contributed by atoms with Gasteiger partial charge in [-0.2, -0.15) is 0 Å². The maximum Gasteiger partial charge on any atom is 0.338 e. The Labute approximate surface area is 115 Å². The predicted molar refractivity (Wildman–Crippen MR) is 76.2 cm³/mol. The Kier molecular flexibility index (Phi) is 5.40. The number of esters is 1. The maximum absolute atomic E-state index is 11.8. The van der Waals surface area contributed by atoms with Gasteiger partial charge in [0.15, 0.2) is 0 Å². The average Bonchev–Trinajstić information content (AvgIpc) is 2.48. The first kappa shape index (κ1) is 14.1. The Morgan fingerprint density at radius 1 is 1.32 bits per heavy atom. The summed E-state index contributed by atoms with van der Waals surface area (Å²) in [6.07, 6.45) is 4.78. The SMILES string of the molecule is CCN1CCCC[C@H]1CCOC(=O)c1ccccc1. The lowest BCUT2D eigenvalue weighted by atomic mass is 10.00. The van der Waals surface area contributed by atoms with Crippen LogP contribution >= 0.6 is 0 Å². The van der Waals surface area contributed by atoms with E-state index >= 15 is 0 Å². The second-order valence-electron chi connectivity index (χ2n) is 5.07. The topological polar surface area (TPSA) is 29.5 Å². The van der Waals surface area contributed by atoms with Gasteiger partial charge >= 0.3 is 5.97 Å². The molecule has 1 heterocycles. The van der Waals surface area contributed by atoms with Crippen molar-refractivity contribution in [2.75, 3.05) is 19.7 Å². The fraction of sp³-hybridized carbons (Fsp3) is 0.562. The number of hydrogen-bond donors (Lipinski definition) is 0. The molecule has 0 bridgehead atoms. The first-order chi connectivity index (χ1) is 9.31. The van der Waals surface area contributed by atoms with E-state index in [1.54, 1.807) is 12.1 Å². The fourth-order valence-electron chi connectivity index (χ4n) is 2.75. The van der Waals surface area contributed by atoms with E-state index in [1.807, 2.05) is 18.2 Å². The Bertz CT molecular complexity index is 391. The molecule has 1 atom stereocenters. The molecule has 1 aliphatic rings. The van der Waals surface area contributed by atoms with E-state index in [0.717, 1.165) is 13.0 Å². The van der Waals surface area contributed by atoms with Gasteiger partial charge in [0.1, 0.15) is 0 Å². The summed E-state index contributed by atoms with van der Waals surface area (Å²) in [6.45, 7) is 5.01. The highest BCUT2D eigenvalue weighted by Gasteiger charge is 2.20. The number of carbonyl (C=O) groups is 1. The summed E-state index contributed by atoms with van der Waals surface area (Å²) in [4.78, 5) is 14.3. The number of ether oxygens (including phenoxy) is 1. The van der Waals surface area contributed by atoms with Crippen molar-refractivity contribution in [3.8, 4) is 0 Å². The van der Waals surface area contributed by atoms with Crippen molar-refractivity contribution in [1.82, 2.24) is 4.90 Å². The molecule has 1 aromatic carbocycles. The van der Waals surface area contributed by atoms with Gasteiger partial charge in [-0.25, -0.2) is 4.79 Å². The second kappa shape index (κ2) is 7.29. The molecule has 0 amide bonds. The van der Waals surface area contributed by atoms with Crippen molar-refractivity contribution in [2.45, 2.75) is 38.6 Å². The third kappa shape index (κ3) is 4.06. The first-order valence-electron chi connectivity index (χ1n) is 7.27. The molecule has 0 aliphatic carbocycles. The van der Waals surface area contributed by atoms with Crippen molar-refractivity contribution >= 4 is 5.97 Å². The molecule has 0 radical (unpaired) electrons. The molecule has 104 valence electrons. The summed E-state index contributed by atoms with van der Waals surface area (Å²) in [5, 5.41) is 0. The molecule has 0 aromatic heterocycles. The summed E-state index contributed by atoms with van der Waals surface area (Å²) >= 11 is 0. The molecule has 3 nitrogen and oxygen atoms in total. The molecule has 1 aliphatic heterocycles. The lowest BCUT2D eigenvalue weighted by molar-refractivity contribution is 0.0437. The van der Waals surface area contributed by atoms with Crippen LogP contribution in [0.4, 0.5) is 0 Å². The summed E-state index contributed by atoms with van der Waals surface area (Å²) in [7, 11) is 0. The second-order valence-corrected chi connectivity index (χ2v) is 5.07. The highest BCUT2D eigenvalue weighted by atomic mass is 16.5. The molecular weight excluding hydrogens is 238 g/mol. The van der Waals surface area contributed by atoms with Gasteiger partial charge in [0.25, 0.3) is 0 Å². The van der Waals surface area contributed by atoms with E-state index in [1.165, 1.54) is 25.8 Å². The van der Waals surface area contributed by atoms with Crippen LogP contribution in [0.1, 0.15) is 43.0 Å². The molecule has 0 unspecified atom stereocenters. The van der Waals surface area contributed by atoms with Gasteiger partial charge in [0, 0.05) is 6.04 Å². The zero-order valence-corrected chi connectivity index (χ0v) is 11.7. The molecule has 19 heavy (non-hydrogen) atoms. The normalized spacial score (nSPS) is 20.2. The number of piperidine rings is 1. The third-order valence-corrected chi connectivity index (χ3v) is 3.85. The summed E-state index contributed by atoms with van der Waals surface area (Å²) in [5.74, 6) is -0.209. The number of rotatable bonds is 5. The Balaban J connectivity index is 1.75. The van der Waals surface area contributed by atoms with Crippen LogP contribution in [0.3, 0.4) is 0 Å². The van der Waals surface area contributed by atoms with Gasteiger partial charge in [-0.3, -0.25) is 0 Å². The van der Waals surface area contributed by atoms with Crippen LogP contribution in [0.15, 0.2) is 30.3 Å². The van der Waals surface area contributed by atoms with Crippen LogP contribution < -0.4 is 0 Å². The number of benzene rings is 1. The van der Waals surface area contributed by atoms with Crippen molar-refractivity contribution in [1.29, 1.82) is 0 Å². The Morgan fingerprint density at radius 2 is 2.11 bits per heavy atom. The van der Waals surface area contributed by atoms with Crippen molar-refractivity contribution in [3.63, 3.8) is 0 Å². The third-order valence-electron chi connectivity index (χ3n) is 3.85. The monoisotopic (exact) mass is 261 g/mol. The molecular formula is C16H23NO2. The van der Waals surface area contributed by atoms with Gasteiger partial charge in [-0.05, 0) is 44.5 Å². The van der Waals surface area contributed by atoms with E-state index < -0.39 is 0 Å². The molecule has 3 heteroatoms. The largest absolute Gasteiger partial charge is 0.462 e. The molecule has 1 saturated heterocycles. The molecule has 0 saturated carbocycles. The summed E-state index contributed by atoms with van der Waals surface area (Å²) < 4.78 is 5.36. The van der Waals surface area contributed by atoms with E-state index in [0.29, 0.717) is 18.2 Å². The zero-order chi connectivity index (χ0) is 13.5. The van der Waals surface area contributed by atoms with E-state index in [9.17, 15) is 4.79 Å². The quantitative estimate of drug-likeness (QED) is 0.763. The number of likely N-dealkylation sites (tertiary alicyclic amines) is 1. The minimum Gasteiger partial charge on any atom is -0.462 e. The first-order valence-corrected chi connectivity index (χ1v) is 7.27. The summed E-state index contributed by atoms with van der Waals surface area (Å²) in [5.41, 5.74) is 0.637. The summed E-state index contributed by atoms with van der Waals surface area (Å²) in [6, 6.07) is 9.79. The highest BCUT2D eigenvalue weighted by Crippen LogP contribution is 2.19. The highest BCUT2D eigenvalue weighted by molar-refractivity contribution is 5.89. The average molecular weight is 261 g/mol. The van der Waals surface area contributed by atoms with Gasteiger partial charge in [-0.15, -0.1) is 0 Å². The van der Waals surface area contributed by atoms with Crippen LogP contribution in [-0.4, -0.2) is 36.6 Å². The van der Waals surface area contributed by atoms with Crippen molar-refractivity contribution < 1.29 is 9.53 Å². The van der Waals surface area contributed by atoms with Crippen LogP contribution in [0.5, 0.6) is 0 Å². The van der Waals surface area contributed by atoms with E-state index in [2.05, 4.69) is 11.8 Å². The molecule has 2 rings (SSSR count). The molecule has 1 fully saturated rings. The van der Waals surface area contributed by atoms with Crippen molar-refractivity contribution in [2.24, 2.45) is 0 Å². The van der Waals surface area contributed by atoms with Crippen LogP contribution in [0.25, 0.3) is 0 Å². The number of carbonyl (C=O) groups excluding carboxylic acids is 1. The smallest absolute Gasteiger partial charge is 0.338 e. The lowest BCUT2D eigenvalue weighted by Gasteiger charge is -2.34. The Hall–Kier alpha value is -1.35. The number of hydrogen-bond acceptors (Lipinski definition) is 3. The van der Waals surface area contributed by atoms with Gasteiger partial charge in [-0.1, -0.05) is 31.5 Å². The minimum atomic E-state index is -0.209. The number of nitrogens with zero attached hydrogens (tertiary/aromatic N) is 1. The lowest BCUT2D eigenvalue weighted by Crippen LogP contribution is -2.40. The van der Waals surface area contributed by atoms with Crippen LogP contribution in [0.2, 0.25) is 0 Å². The predicted octanol–water partition coefficient (Wildman–Crippen LogP) is 3.11. The Morgan fingerprint density at radius 3 is 2.84 bits per heavy atom. The molecule has 0 spiro atoms. The molecule has 1 aromatic rings. The standard InChI is InChI=1S/C16H23NO2/c1-2-17-12-7-6-10-15(17)11-13-19-16(18)14-8-4-3-5-9-14/h3-5,8-9,15H,2,6-7,10-13H2,1H3/t15-/m0/s1.